The largest absolute Gasteiger partial charge is 0.449 e. The first-order chi connectivity index (χ1) is 8.42. The Morgan fingerprint density at radius 2 is 2.22 bits per heavy atom. The van der Waals surface area contributed by atoms with Crippen LogP contribution in [-0.4, -0.2) is 44.6 Å². The average molecular weight is 279 g/mol. The van der Waals surface area contributed by atoms with Crippen molar-refractivity contribution >= 4 is 16.3 Å². The van der Waals surface area contributed by atoms with Crippen molar-refractivity contribution in [2.45, 2.75) is 32.7 Å². The van der Waals surface area contributed by atoms with E-state index < -0.39 is 16.3 Å². The van der Waals surface area contributed by atoms with Crippen LogP contribution < -0.4 is 10.5 Å². The maximum absolute atomic E-state index is 12.0. The minimum absolute atomic E-state index is 0.123. The highest BCUT2D eigenvalue weighted by atomic mass is 32.2. The molecule has 1 fully saturated rings. The summed E-state index contributed by atoms with van der Waals surface area (Å²) in [5.41, 5.74) is 5.62. The van der Waals surface area contributed by atoms with Gasteiger partial charge in [0, 0.05) is 19.1 Å². The fraction of sp³-hybridized carbons (Fsp3) is 0.900. The van der Waals surface area contributed by atoms with Gasteiger partial charge in [-0.3, -0.25) is 0 Å². The third kappa shape index (κ3) is 3.56. The van der Waals surface area contributed by atoms with Crippen LogP contribution in [0, 0.1) is 5.92 Å². The molecule has 2 atom stereocenters. The van der Waals surface area contributed by atoms with Crippen molar-refractivity contribution < 1.29 is 17.9 Å². The van der Waals surface area contributed by atoms with Crippen molar-refractivity contribution in [3.05, 3.63) is 0 Å². The number of nitrogens with one attached hydrogen (secondary N) is 1. The highest BCUT2D eigenvalue weighted by molar-refractivity contribution is 7.87. The van der Waals surface area contributed by atoms with Crippen molar-refractivity contribution in [3.63, 3.8) is 0 Å². The number of piperidine rings is 1. The number of carbonyl (C=O) groups is 1. The van der Waals surface area contributed by atoms with Crippen molar-refractivity contribution in [1.82, 2.24) is 9.03 Å². The molecule has 0 aromatic rings. The van der Waals surface area contributed by atoms with Gasteiger partial charge in [0.1, 0.15) is 0 Å². The summed E-state index contributed by atoms with van der Waals surface area (Å²) in [7, 11) is -3.87. The predicted octanol–water partition coefficient (Wildman–Crippen LogP) is 0.0365. The van der Waals surface area contributed by atoms with E-state index in [1.807, 2.05) is 11.6 Å². The molecule has 1 amide bonds. The summed E-state index contributed by atoms with van der Waals surface area (Å²) in [5.74, 6) is 0.183. The molecule has 8 heteroatoms. The molecule has 0 aromatic heterocycles. The lowest BCUT2D eigenvalue weighted by Crippen LogP contribution is -2.55. The summed E-state index contributed by atoms with van der Waals surface area (Å²) in [5, 5.41) is 0. The maximum Gasteiger partial charge on any atom is 0.421 e. The van der Waals surface area contributed by atoms with Crippen LogP contribution in [0.5, 0.6) is 0 Å². The van der Waals surface area contributed by atoms with Crippen LogP contribution in [-0.2, 0) is 14.9 Å². The molecule has 3 N–H and O–H groups in total. The van der Waals surface area contributed by atoms with E-state index in [1.165, 1.54) is 4.31 Å². The normalized spacial score (nSPS) is 25.7. The second-order valence-corrected chi connectivity index (χ2v) is 5.98. The van der Waals surface area contributed by atoms with Gasteiger partial charge in [0.15, 0.2) is 0 Å². The zero-order valence-corrected chi connectivity index (χ0v) is 11.6. The first-order valence-electron chi connectivity index (χ1n) is 6.08. The van der Waals surface area contributed by atoms with E-state index in [2.05, 4.69) is 4.74 Å². The number of hydrogen-bond donors (Lipinski definition) is 2. The van der Waals surface area contributed by atoms with Gasteiger partial charge in [-0.25, -0.2) is 9.52 Å². The smallest absolute Gasteiger partial charge is 0.421 e. The van der Waals surface area contributed by atoms with Crippen molar-refractivity contribution in [3.8, 4) is 0 Å². The van der Waals surface area contributed by atoms with E-state index in [4.69, 9.17) is 5.73 Å². The minimum Gasteiger partial charge on any atom is -0.449 e. The number of rotatable bonds is 4. The minimum atomic E-state index is -3.87. The van der Waals surface area contributed by atoms with Gasteiger partial charge in [-0.1, -0.05) is 6.92 Å². The van der Waals surface area contributed by atoms with E-state index in [0.29, 0.717) is 6.54 Å². The molecule has 0 bridgehead atoms. The Morgan fingerprint density at radius 1 is 1.56 bits per heavy atom. The van der Waals surface area contributed by atoms with Crippen molar-refractivity contribution in [2.75, 3.05) is 19.7 Å². The molecule has 106 valence electrons. The molecule has 18 heavy (non-hydrogen) atoms. The summed E-state index contributed by atoms with van der Waals surface area (Å²) < 4.78 is 31.8. The fourth-order valence-corrected chi connectivity index (χ4v) is 3.59. The molecule has 0 aromatic carbocycles. The third-order valence-electron chi connectivity index (χ3n) is 3.10. The molecule has 0 spiro atoms. The molecule has 2 unspecified atom stereocenters. The lowest BCUT2D eigenvalue weighted by Gasteiger charge is -2.37. The van der Waals surface area contributed by atoms with Crippen LogP contribution >= 0.6 is 0 Å². The summed E-state index contributed by atoms with van der Waals surface area (Å²) in [6, 6.07) is -0.273. The zero-order valence-electron chi connectivity index (χ0n) is 10.8. The molecule has 7 nitrogen and oxygen atoms in total. The monoisotopic (exact) mass is 279 g/mol. The Kier molecular flexibility index (Phi) is 5.36. The Balaban J connectivity index is 2.79. The number of amides is 1. The summed E-state index contributed by atoms with van der Waals surface area (Å²) in [4.78, 5) is 11.2. The lowest BCUT2D eigenvalue weighted by molar-refractivity contribution is 0.155. The van der Waals surface area contributed by atoms with Gasteiger partial charge in [0.25, 0.3) is 0 Å². The van der Waals surface area contributed by atoms with E-state index in [9.17, 15) is 13.2 Å². The van der Waals surface area contributed by atoms with Crippen LogP contribution in [0.4, 0.5) is 4.79 Å². The van der Waals surface area contributed by atoms with Crippen molar-refractivity contribution in [2.24, 2.45) is 11.7 Å². The Labute approximate surface area is 108 Å². The Bertz CT molecular complexity index is 385. The number of ether oxygens (including phenoxy) is 1. The zero-order chi connectivity index (χ0) is 13.8. The highest BCUT2D eigenvalue weighted by Gasteiger charge is 2.36. The van der Waals surface area contributed by atoms with Gasteiger partial charge < -0.3 is 10.5 Å². The van der Waals surface area contributed by atoms with Crippen LogP contribution in [0.2, 0.25) is 0 Å². The molecule has 1 heterocycles. The Morgan fingerprint density at radius 3 is 2.78 bits per heavy atom. The van der Waals surface area contributed by atoms with Gasteiger partial charge in [0.05, 0.1) is 6.61 Å². The van der Waals surface area contributed by atoms with Gasteiger partial charge in [0.2, 0.25) is 0 Å². The molecule has 1 saturated heterocycles. The second-order valence-electron chi connectivity index (χ2n) is 4.36. The quantitative estimate of drug-likeness (QED) is 0.756. The topological polar surface area (TPSA) is 102 Å². The van der Waals surface area contributed by atoms with Crippen LogP contribution in [0.3, 0.4) is 0 Å². The molecule has 1 aliphatic rings. The van der Waals surface area contributed by atoms with Gasteiger partial charge in [-0.15, -0.1) is 0 Å². The predicted molar refractivity (Wildman–Crippen MR) is 67.0 cm³/mol. The van der Waals surface area contributed by atoms with Gasteiger partial charge in [-0.2, -0.15) is 12.7 Å². The van der Waals surface area contributed by atoms with Crippen LogP contribution in [0.1, 0.15) is 26.7 Å². The molecule has 1 aliphatic heterocycles. The summed E-state index contributed by atoms with van der Waals surface area (Å²) in [6.45, 7) is 4.31. The Hall–Kier alpha value is -0.860. The molecule has 0 saturated carbocycles. The third-order valence-corrected chi connectivity index (χ3v) is 4.60. The van der Waals surface area contributed by atoms with Crippen molar-refractivity contribution in [1.29, 1.82) is 0 Å². The first kappa shape index (κ1) is 15.2. The summed E-state index contributed by atoms with van der Waals surface area (Å²) >= 11 is 0. The highest BCUT2D eigenvalue weighted by Crippen LogP contribution is 2.24. The molecule has 1 rings (SSSR count). The van der Waals surface area contributed by atoms with Crippen LogP contribution in [0.25, 0.3) is 0 Å². The summed E-state index contributed by atoms with van der Waals surface area (Å²) in [6.07, 6.45) is 0.751. The molecular formula is C10H21N3O4S. The fourth-order valence-electron chi connectivity index (χ4n) is 2.18. The number of carbonyl (C=O) groups excluding carboxylic acids is 1. The number of nitrogens with two attached hydrogens (primary N) is 1. The maximum atomic E-state index is 12.0. The first-order valence-corrected chi connectivity index (χ1v) is 7.52. The number of nitrogens with zero attached hydrogens (tertiary/aromatic N) is 1. The van der Waals surface area contributed by atoms with E-state index in [1.54, 1.807) is 6.92 Å². The lowest BCUT2D eigenvalue weighted by atomic mass is 9.93. The van der Waals surface area contributed by atoms with E-state index in [0.717, 1.165) is 12.8 Å². The molecule has 0 aliphatic carbocycles. The van der Waals surface area contributed by atoms with Gasteiger partial charge in [-0.05, 0) is 25.7 Å². The number of hydrogen-bond acceptors (Lipinski definition) is 5. The SMILES string of the molecule is CCOC(=O)NS(=O)(=O)N1CCCC(C)C1CN. The van der Waals surface area contributed by atoms with Gasteiger partial charge >= 0.3 is 16.3 Å². The average Bonchev–Trinajstić information content (AvgIpc) is 2.28. The van der Waals surface area contributed by atoms with E-state index >= 15 is 0 Å². The standard InChI is InChI=1S/C10H21N3O4S/c1-3-17-10(14)12-18(15,16)13-6-4-5-8(2)9(13)7-11/h8-9H,3-7,11H2,1-2H3,(H,12,14). The molecular weight excluding hydrogens is 258 g/mol. The second kappa shape index (κ2) is 6.35. The van der Waals surface area contributed by atoms with Crippen LogP contribution in [0.15, 0.2) is 0 Å². The van der Waals surface area contributed by atoms with E-state index in [-0.39, 0.29) is 25.1 Å². The molecule has 0 radical (unpaired) electrons.